The lowest BCUT2D eigenvalue weighted by Gasteiger charge is -2.25. The maximum atomic E-state index is 13.3. The number of amides is 1. The lowest BCUT2D eigenvalue weighted by molar-refractivity contribution is -0.113. The highest BCUT2D eigenvalue weighted by molar-refractivity contribution is 7.99. The fourth-order valence-electron chi connectivity index (χ4n) is 4.61. The summed E-state index contributed by atoms with van der Waals surface area (Å²) in [6.07, 6.45) is 6.93. The summed E-state index contributed by atoms with van der Waals surface area (Å²) in [4.78, 5) is 37.6. The van der Waals surface area contributed by atoms with Crippen molar-refractivity contribution < 1.29 is 4.79 Å². The number of piperidine rings is 1. The van der Waals surface area contributed by atoms with Crippen LogP contribution in [0, 0.1) is 0 Å². The van der Waals surface area contributed by atoms with Gasteiger partial charge in [0.15, 0.2) is 15.9 Å². The topological polar surface area (TPSA) is 80.1 Å². The van der Waals surface area contributed by atoms with Crippen LogP contribution in [0.2, 0.25) is 0 Å². The Balaban J connectivity index is 1.35. The SMILES string of the molecule is CC(C)n1c(SCC(=O)Nc2ccc3c(c2)CCC3)nc2nc(N3CCCCC3)sc2c1=O. The number of anilines is 2. The summed E-state index contributed by atoms with van der Waals surface area (Å²) in [6, 6.07) is 6.10. The highest BCUT2D eigenvalue weighted by atomic mass is 32.2. The Morgan fingerprint density at radius 2 is 1.91 bits per heavy atom. The van der Waals surface area contributed by atoms with Crippen LogP contribution in [0.4, 0.5) is 10.8 Å². The largest absolute Gasteiger partial charge is 0.348 e. The highest BCUT2D eigenvalue weighted by Crippen LogP contribution is 2.30. The van der Waals surface area contributed by atoms with Gasteiger partial charge in [-0.05, 0) is 75.6 Å². The molecule has 1 aliphatic carbocycles. The van der Waals surface area contributed by atoms with Crippen molar-refractivity contribution >= 4 is 50.2 Å². The second kappa shape index (κ2) is 9.46. The molecular formula is C24H29N5O2S2. The number of thioether (sulfide) groups is 1. The Kier molecular flexibility index (Phi) is 6.42. The van der Waals surface area contributed by atoms with Crippen LogP contribution in [-0.2, 0) is 17.6 Å². The van der Waals surface area contributed by atoms with Crippen LogP contribution in [0.25, 0.3) is 10.3 Å². The molecule has 174 valence electrons. The van der Waals surface area contributed by atoms with E-state index in [1.807, 2.05) is 19.9 Å². The minimum absolute atomic E-state index is 0.0581. The minimum atomic E-state index is -0.102. The quantitative estimate of drug-likeness (QED) is 0.406. The Morgan fingerprint density at radius 1 is 1.12 bits per heavy atom. The van der Waals surface area contributed by atoms with E-state index in [1.54, 1.807) is 4.57 Å². The Bertz CT molecular complexity index is 1240. The molecule has 1 fully saturated rings. The molecule has 1 aromatic carbocycles. The molecular weight excluding hydrogens is 454 g/mol. The standard InChI is InChI=1S/C24H29N5O2S2/c1-15(2)29-22(31)20-21(26-23(33-20)28-11-4-3-5-12-28)27-24(29)32-14-19(30)25-18-10-9-16-7-6-8-17(16)13-18/h9-10,13,15H,3-8,11-12,14H2,1-2H3,(H,25,30). The van der Waals surface area contributed by atoms with Crippen LogP contribution in [0.3, 0.4) is 0 Å². The predicted molar refractivity (Wildman–Crippen MR) is 136 cm³/mol. The normalized spacial score (nSPS) is 15.9. The number of carbonyl (C=O) groups is 1. The third kappa shape index (κ3) is 4.66. The number of carbonyl (C=O) groups excluding carboxylic acids is 1. The van der Waals surface area contributed by atoms with Gasteiger partial charge in [-0.2, -0.15) is 4.98 Å². The monoisotopic (exact) mass is 483 g/mol. The molecule has 33 heavy (non-hydrogen) atoms. The first kappa shape index (κ1) is 22.4. The van der Waals surface area contributed by atoms with Crippen LogP contribution in [0.1, 0.15) is 56.7 Å². The van der Waals surface area contributed by atoms with E-state index in [2.05, 4.69) is 22.3 Å². The summed E-state index contributed by atoms with van der Waals surface area (Å²) in [5, 5.41) is 4.41. The molecule has 7 nitrogen and oxygen atoms in total. The number of aryl methyl sites for hydroxylation is 2. The number of thiazole rings is 1. The van der Waals surface area contributed by atoms with Crippen molar-refractivity contribution in [3.05, 3.63) is 39.7 Å². The number of hydrogen-bond acceptors (Lipinski definition) is 7. The van der Waals surface area contributed by atoms with Gasteiger partial charge in [-0.3, -0.25) is 14.2 Å². The molecule has 5 rings (SSSR count). The van der Waals surface area contributed by atoms with Gasteiger partial charge in [0.05, 0.1) is 5.75 Å². The van der Waals surface area contributed by atoms with E-state index in [1.165, 1.54) is 47.1 Å². The molecule has 0 unspecified atom stereocenters. The molecule has 1 aliphatic heterocycles. The zero-order valence-corrected chi connectivity index (χ0v) is 20.7. The van der Waals surface area contributed by atoms with Gasteiger partial charge in [0.2, 0.25) is 5.91 Å². The van der Waals surface area contributed by atoms with Gasteiger partial charge in [0, 0.05) is 24.8 Å². The van der Waals surface area contributed by atoms with E-state index >= 15 is 0 Å². The summed E-state index contributed by atoms with van der Waals surface area (Å²) < 4.78 is 2.28. The van der Waals surface area contributed by atoms with E-state index in [0.717, 1.165) is 49.6 Å². The minimum Gasteiger partial charge on any atom is -0.348 e. The van der Waals surface area contributed by atoms with Crippen molar-refractivity contribution in [2.75, 3.05) is 29.1 Å². The number of aromatic nitrogens is 3. The van der Waals surface area contributed by atoms with Gasteiger partial charge < -0.3 is 10.2 Å². The Labute approximate surface area is 201 Å². The fourth-order valence-corrected chi connectivity index (χ4v) is 6.52. The van der Waals surface area contributed by atoms with Gasteiger partial charge in [-0.25, -0.2) is 4.98 Å². The van der Waals surface area contributed by atoms with Crippen molar-refractivity contribution in [3.63, 3.8) is 0 Å². The molecule has 2 aromatic heterocycles. The predicted octanol–water partition coefficient (Wildman–Crippen LogP) is 4.64. The second-order valence-corrected chi connectivity index (χ2v) is 11.0. The van der Waals surface area contributed by atoms with Crippen molar-refractivity contribution in [2.45, 2.75) is 63.6 Å². The maximum absolute atomic E-state index is 13.3. The lowest BCUT2D eigenvalue weighted by Crippen LogP contribution is -2.29. The van der Waals surface area contributed by atoms with Crippen LogP contribution in [0.5, 0.6) is 0 Å². The van der Waals surface area contributed by atoms with Crippen molar-refractivity contribution in [2.24, 2.45) is 0 Å². The molecule has 2 aliphatic rings. The number of fused-ring (bicyclic) bond motifs is 2. The Morgan fingerprint density at radius 3 is 2.70 bits per heavy atom. The first-order valence-corrected chi connectivity index (χ1v) is 13.5. The summed E-state index contributed by atoms with van der Waals surface area (Å²) in [6.45, 7) is 5.89. The van der Waals surface area contributed by atoms with Gasteiger partial charge in [0.25, 0.3) is 5.56 Å². The van der Waals surface area contributed by atoms with Crippen molar-refractivity contribution in [1.82, 2.24) is 14.5 Å². The van der Waals surface area contributed by atoms with E-state index in [4.69, 9.17) is 9.97 Å². The average molecular weight is 484 g/mol. The molecule has 0 saturated carbocycles. The molecule has 0 spiro atoms. The molecule has 1 N–H and O–H groups in total. The molecule has 0 radical (unpaired) electrons. The third-order valence-corrected chi connectivity index (χ3v) is 8.32. The van der Waals surface area contributed by atoms with Gasteiger partial charge in [-0.1, -0.05) is 29.2 Å². The van der Waals surface area contributed by atoms with Crippen LogP contribution >= 0.6 is 23.1 Å². The first-order valence-electron chi connectivity index (χ1n) is 11.7. The van der Waals surface area contributed by atoms with E-state index in [-0.39, 0.29) is 23.3 Å². The van der Waals surface area contributed by atoms with Gasteiger partial charge in [-0.15, -0.1) is 0 Å². The van der Waals surface area contributed by atoms with Crippen LogP contribution in [-0.4, -0.2) is 39.3 Å². The van der Waals surface area contributed by atoms with Crippen molar-refractivity contribution in [3.8, 4) is 0 Å². The number of nitrogens with zero attached hydrogens (tertiary/aromatic N) is 4. The smallest absolute Gasteiger partial charge is 0.274 e. The first-order chi connectivity index (χ1) is 16.0. The summed E-state index contributed by atoms with van der Waals surface area (Å²) in [7, 11) is 0. The van der Waals surface area contributed by atoms with Gasteiger partial charge in [0.1, 0.15) is 4.70 Å². The average Bonchev–Trinajstić information content (AvgIpc) is 3.45. The summed E-state index contributed by atoms with van der Waals surface area (Å²) in [5.41, 5.74) is 3.96. The van der Waals surface area contributed by atoms with Crippen LogP contribution in [0.15, 0.2) is 28.2 Å². The fraction of sp³-hybridized carbons (Fsp3) is 0.500. The van der Waals surface area contributed by atoms with Gasteiger partial charge >= 0.3 is 0 Å². The zero-order chi connectivity index (χ0) is 22.9. The molecule has 0 bridgehead atoms. The molecule has 3 heterocycles. The lowest BCUT2D eigenvalue weighted by atomic mass is 10.1. The highest BCUT2D eigenvalue weighted by Gasteiger charge is 2.22. The molecule has 0 atom stereocenters. The van der Waals surface area contributed by atoms with E-state index in [9.17, 15) is 9.59 Å². The molecule has 3 aromatic rings. The Hall–Kier alpha value is -2.39. The third-order valence-electron chi connectivity index (χ3n) is 6.28. The second-order valence-electron chi connectivity index (χ2n) is 9.03. The maximum Gasteiger partial charge on any atom is 0.274 e. The number of rotatable bonds is 6. The van der Waals surface area contributed by atoms with E-state index in [0.29, 0.717) is 15.5 Å². The van der Waals surface area contributed by atoms with Crippen molar-refractivity contribution in [1.29, 1.82) is 0 Å². The number of nitrogens with one attached hydrogen (secondary N) is 1. The number of hydrogen-bond donors (Lipinski definition) is 1. The molecule has 1 saturated heterocycles. The zero-order valence-electron chi connectivity index (χ0n) is 19.1. The molecule has 1 amide bonds. The summed E-state index contributed by atoms with van der Waals surface area (Å²) >= 11 is 2.73. The summed E-state index contributed by atoms with van der Waals surface area (Å²) in [5.74, 6) is 0.0834. The molecule has 9 heteroatoms. The number of benzene rings is 1. The van der Waals surface area contributed by atoms with Crippen LogP contribution < -0.4 is 15.8 Å². The van der Waals surface area contributed by atoms with E-state index < -0.39 is 0 Å².